The molecule has 248 valence electrons. The molecule has 1 N–H and O–H groups in total. The minimum Gasteiger partial charge on any atom is -0.476 e. The molecule has 0 aliphatic carbocycles. The number of halogens is 4. The molecule has 4 aromatic carbocycles. The first kappa shape index (κ1) is 32.5. The second kappa shape index (κ2) is 13.8. The number of likely N-dealkylation sites (tertiary alicyclic amines) is 2. The predicted molar refractivity (Wildman–Crippen MR) is 167 cm³/mol. The number of carboxylic acids is 1. The molecule has 0 radical (unpaired) electrons. The van der Waals surface area contributed by atoms with E-state index in [2.05, 4.69) is 0 Å². The van der Waals surface area contributed by atoms with E-state index in [0.29, 0.717) is 26.2 Å². The van der Waals surface area contributed by atoms with Gasteiger partial charge in [-0.25, -0.2) is 22.4 Å². The summed E-state index contributed by atoms with van der Waals surface area (Å²) >= 11 is 0. The van der Waals surface area contributed by atoms with Crippen LogP contribution < -0.4 is 9.47 Å². The minimum atomic E-state index is -2.08. The first-order chi connectivity index (χ1) is 23.1. The van der Waals surface area contributed by atoms with Crippen LogP contribution in [-0.4, -0.2) is 65.2 Å². The van der Waals surface area contributed by atoms with Gasteiger partial charge in [0.05, 0.1) is 11.1 Å². The van der Waals surface area contributed by atoms with Crippen molar-refractivity contribution < 1.29 is 46.5 Å². The van der Waals surface area contributed by atoms with Crippen molar-refractivity contribution in [2.45, 2.75) is 32.0 Å². The van der Waals surface area contributed by atoms with E-state index in [1.807, 2.05) is 0 Å². The third-order valence-corrected chi connectivity index (χ3v) is 8.36. The third kappa shape index (κ3) is 6.83. The van der Waals surface area contributed by atoms with Crippen LogP contribution in [0.15, 0.2) is 72.8 Å². The van der Waals surface area contributed by atoms with Gasteiger partial charge in [0, 0.05) is 37.3 Å². The minimum absolute atomic E-state index is 0.0245. The molecule has 0 aromatic heterocycles. The summed E-state index contributed by atoms with van der Waals surface area (Å²) in [6, 6.07) is 13.8. The Balaban J connectivity index is 1.28. The number of nitrogens with zero attached hydrogens (tertiary/aromatic N) is 2. The molecule has 0 atom stereocenters. The van der Waals surface area contributed by atoms with Gasteiger partial charge in [0.1, 0.15) is 34.8 Å². The Morgan fingerprint density at radius 1 is 0.583 bits per heavy atom. The number of amides is 2. The van der Waals surface area contributed by atoms with E-state index < -0.39 is 47.3 Å². The topological polar surface area (TPSA) is 96.4 Å². The van der Waals surface area contributed by atoms with E-state index in [1.54, 1.807) is 9.80 Å². The van der Waals surface area contributed by atoms with Crippen LogP contribution in [0.5, 0.6) is 11.5 Å². The lowest BCUT2D eigenvalue weighted by Gasteiger charge is -2.21. The highest BCUT2D eigenvalue weighted by Crippen LogP contribution is 2.36. The molecule has 12 heteroatoms. The van der Waals surface area contributed by atoms with E-state index in [4.69, 9.17) is 9.47 Å². The molecule has 6 rings (SSSR count). The van der Waals surface area contributed by atoms with Gasteiger partial charge in [-0.15, -0.1) is 0 Å². The maximum Gasteiger partial charge on any atom is 0.387 e. The van der Waals surface area contributed by atoms with Crippen molar-refractivity contribution in [1.29, 1.82) is 0 Å². The van der Waals surface area contributed by atoms with Gasteiger partial charge in [-0.1, -0.05) is 12.1 Å². The number of benzene rings is 4. The predicted octanol–water partition coefficient (Wildman–Crippen LogP) is 6.92. The Kier molecular flexibility index (Phi) is 9.33. The van der Waals surface area contributed by atoms with Gasteiger partial charge in [0.2, 0.25) is 0 Å². The van der Waals surface area contributed by atoms with Gasteiger partial charge in [0.15, 0.2) is 0 Å². The summed E-state index contributed by atoms with van der Waals surface area (Å²) in [5.74, 6) is -6.07. The van der Waals surface area contributed by atoms with Crippen molar-refractivity contribution in [2.24, 2.45) is 0 Å². The fourth-order valence-electron chi connectivity index (χ4n) is 5.91. The van der Waals surface area contributed by atoms with Crippen LogP contribution in [0.4, 0.5) is 17.6 Å². The van der Waals surface area contributed by atoms with E-state index in [-0.39, 0.29) is 44.9 Å². The molecule has 0 unspecified atom stereocenters. The molecular formula is C36H30F4N2O6. The fraction of sp³-hybridized carbons (Fsp3) is 0.250. The largest absolute Gasteiger partial charge is 0.476 e. The van der Waals surface area contributed by atoms with Crippen LogP contribution in [0, 0.1) is 23.3 Å². The van der Waals surface area contributed by atoms with Crippen molar-refractivity contribution in [3.8, 4) is 33.8 Å². The molecule has 2 saturated heterocycles. The van der Waals surface area contributed by atoms with Gasteiger partial charge in [0.25, 0.3) is 11.8 Å². The number of carbonyl (C=O) groups is 3. The summed E-state index contributed by atoms with van der Waals surface area (Å²) in [7, 11) is 0. The van der Waals surface area contributed by atoms with E-state index in [9.17, 15) is 28.3 Å². The van der Waals surface area contributed by atoms with Crippen molar-refractivity contribution >= 4 is 17.8 Å². The Labute approximate surface area is 273 Å². The van der Waals surface area contributed by atoms with E-state index in [1.165, 1.54) is 24.3 Å². The maximum atomic E-state index is 15.2. The lowest BCUT2D eigenvalue weighted by atomic mass is 10.0. The molecule has 0 bridgehead atoms. The van der Waals surface area contributed by atoms with Crippen molar-refractivity contribution in [2.75, 3.05) is 26.2 Å². The van der Waals surface area contributed by atoms with Gasteiger partial charge in [-0.05, 0) is 97.5 Å². The Bertz CT molecular complexity index is 1760. The highest BCUT2D eigenvalue weighted by atomic mass is 19.1. The zero-order valence-corrected chi connectivity index (χ0v) is 25.6. The first-order valence-electron chi connectivity index (χ1n) is 15.4. The molecule has 4 aromatic rings. The SMILES string of the molecule is O=C(O)C(Oc1ccc(F)cc1-c1ccc(C(=O)N2CCCC2)c(F)c1)Oc1ccc(F)cc1-c1ccc(C(=O)N2CCCC2)c(F)c1. The standard InChI is InChI=1S/C36H30F4N2O6/c37-23-7-11-31(27(19-23)21-5-9-25(29(39)17-21)33(43)41-13-1-2-14-41)47-36(35(45)46)48-32-12-8-24(38)20-28(32)22-6-10-26(30(40)18-22)34(44)42-15-3-4-16-42/h5-12,17-20,36H,1-4,13-16H2,(H,45,46). The van der Waals surface area contributed by atoms with Gasteiger partial charge in [-0.3, -0.25) is 9.59 Å². The van der Waals surface area contributed by atoms with Crippen molar-refractivity contribution in [3.05, 3.63) is 107 Å². The van der Waals surface area contributed by atoms with Crippen LogP contribution in [0.1, 0.15) is 46.4 Å². The van der Waals surface area contributed by atoms with Crippen molar-refractivity contribution in [1.82, 2.24) is 9.80 Å². The molecule has 48 heavy (non-hydrogen) atoms. The van der Waals surface area contributed by atoms with Gasteiger partial charge < -0.3 is 24.4 Å². The van der Waals surface area contributed by atoms with Gasteiger partial charge in [-0.2, -0.15) is 0 Å². The van der Waals surface area contributed by atoms with Gasteiger partial charge >= 0.3 is 12.3 Å². The summed E-state index contributed by atoms with van der Waals surface area (Å²) in [6.45, 7) is 2.08. The highest BCUT2D eigenvalue weighted by Gasteiger charge is 2.28. The number of rotatable bonds is 9. The molecule has 0 saturated carbocycles. The quantitative estimate of drug-likeness (QED) is 0.155. The number of hydrogen-bond acceptors (Lipinski definition) is 5. The molecular weight excluding hydrogens is 632 g/mol. The maximum absolute atomic E-state index is 15.2. The number of ether oxygens (including phenoxy) is 2. The van der Waals surface area contributed by atoms with Crippen LogP contribution >= 0.6 is 0 Å². The Hall–Kier alpha value is -5.39. The normalized spacial score (nSPS) is 14.4. The first-order valence-corrected chi connectivity index (χ1v) is 15.4. The fourth-order valence-corrected chi connectivity index (χ4v) is 5.91. The average Bonchev–Trinajstić information content (AvgIpc) is 3.81. The summed E-state index contributed by atoms with van der Waals surface area (Å²) < 4.78 is 70.5. The van der Waals surface area contributed by atoms with Crippen LogP contribution in [0.2, 0.25) is 0 Å². The van der Waals surface area contributed by atoms with E-state index in [0.717, 1.165) is 74.2 Å². The zero-order chi connectivity index (χ0) is 33.9. The zero-order valence-electron chi connectivity index (χ0n) is 25.6. The second-order valence-electron chi connectivity index (χ2n) is 11.6. The number of carbonyl (C=O) groups excluding carboxylic acids is 2. The second-order valence-corrected chi connectivity index (χ2v) is 11.6. The molecule has 2 heterocycles. The lowest BCUT2D eigenvalue weighted by Crippen LogP contribution is -2.33. The van der Waals surface area contributed by atoms with Crippen molar-refractivity contribution in [3.63, 3.8) is 0 Å². The van der Waals surface area contributed by atoms with Crippen LogP contribution in [0.25, 0.3) is 22.3 Å². The molecule has 2 aliphatic rings. The monoisotopic (exact) mass is 662 g/mol. The molecule has 2 fully saturated rings. The Morgan fingerprint density at radius 3 is 1.33 bits per heavy atom. The molecule has 2 aliphatic heterocycles. The molecule has 0 spiro atoms. The van der Waals surface area contributed by atoms with Crippen LogP contribution in [0.3, 0.4) is 0 Å². The molecule has 2 amide bonds. The summed E-state index contributed by atoms with van der Waals surface area (Å²) in [6.07, 6.45) is 1.21. The smallest absolute Gasteiger partial charge is 0.387 e. The summed E-state index contributed by atoms with van der Waals surface area (Å²) in [4.78, 5) is 40.9. The third-order valence-electron chi connectivity index (χ3n) is 8.36. The highest BCUT2D eigenvalue weighted by molar-refractivity contribution is 5.96. The number of aliphatic carboxylic acids is 1. The van der Waals surface area contributed by atoms with E-state index >= 15 is 8.78 Å². The number of hydrogen-bond donors (Lipinski definition) is 1. The Morgan fingerprint density at radius 2 is 0.979 bits per heavy atom. The summed E-state index contributed by atoms with van der Waals surface area (Å²) in [5.41, 5.74) is -0.150. The lowest BCUT2D eigenvalue weighted by molar-refractivity contribution is -0.158. The summed E-state index contributed by atoms with van der Waals surface area (Å²) in [5, 5.41) is 10.0. The molecule has 8 nitrogen and oxygen atoms in total. The average molecular weight is 663 g/mol. The number of carboxylic acid groups (broad SMARTS) is 1. The van der Waals surface area contributed by atoms with Crippen LogP contribution in [-0.2, 0) is 4.79 Å².